The summed E-state index contributed by atoms with van der Waals surface area (Å²) in [6.45, 7) is 4.18. The van der Waals surface area contributed by atoms with Crippen LogP contribution in [0.3, 0.4) is 0 Å². The Morgan fingerprint density at radius 3 is 1.24 bits per heavy atom. The average molecular weight is 743 g/mol. The molecular formula is C54H38N4. The molecule has 0 atom stereocenters. The largest absolute Gasteiger partial charge is 0.251 e. The van der Waals surface area contributed by atoms with Crippen LogP contribution in [0.1, 0.15) is 11.3 Å². The van der Waals surface area contributed by atoms with Crippen molar-refractivity contribution in [1.82, 2.24) is 19.9 Å². The van der Waals surface area contributed by atoms with Crippen LogP contribution < -0.4 is 0 Å². The van der Waals surface area contributed by atoms with E-state index in [-0.39, 0.29) is 0 Å². The van der Waals surface area contributed by atoms with Crippen molar-refractivity contribution in [3.05, 3.63) is 205 Å². The van der Waals surface area contributed by atoms with Crippen molar-refractivity contribution in [2.45, 2.75) is 13.8 Å². The second-order valence-electron chi connectivity index (χ2n) is 14.8. The molecule has 0 saturated heterocycles. The van der Waals surface area contributed by atoms with E-state index in [9.17, 15) is 0 Å². The van der Waals surface area contributed by atoms with Crippen LogP contribution in [0.15, 0.2) is 194 Å². The number of benzene rings is 7. The van der Waals surface area contributed by atoms with Crippen LogP contribution in [0.5, 0.6) is 0 Å². The fourth-order valence-corrected chi connectivity index (χ4v) is 7.81. The first-order chi connectivity index (χ1) is 28.5. The molecule has 10 aromatic rings. The molecule has 0 aliphatic heterocycles. The quantitative estimate of drug-likeness (QED) is 0.153. The maximum atomic E-state index is 5.11. The highest BCUT2D eigenvalue weighted by Crippen LogP contribution is 2.33. The number of aryl methyl sites for hydroxylation is 2. The van der Waals surface area contributed by atoms with Gasteiger partial charge in [-0.1, -0.05) is 176 Å². The first-order valence-corrected chi connectivity index (χ1v) is 19.6. The van der Waals surface area contributed by atoms with Crippen molar-refractivity contribution in [3.63, 3.8) is 0 Å². The van der Waals surface area contributed by atoms with Crippen molar-refractivity contribution in [2.24, 2.45) is 0 Å². The van der Waals surface area contributed by atoms with Gasteiger partial charge in [-0.3, -0.25) is 4.98 Å². The zero-order valence-corrected chi connectivity index (χ0v) is 32.3. The van der Waals surface area contributed by atoms with E-state index in [1.165, 1.54) is 16.7 Å². The van der Waals surface area contributed by atoms with Crippen molar-refractivity contribution in [3.8, 4) is 78.5 Å². The Morgan fingerprint density at radius 2 is 0.707 bits per heavy atom. The molecule has 4 nitrogen and oxygen atoms in total. The van der Waals surface area contributed by atoms with Gasteiger partial charge in [0.05, 0.1) is 28.1 Å². The summed E-state index contributed by atoms with van der Waals surface area (Å²) in [5.74, 6) is 0.702. The molecule has 0 bridgehead atoms. The van der Waals surface area contributed by atoms with E-state index in [0.29, 0.717) is 5.82 Å². The normalized spacial score (nSPS) is 11.3. The van der Waals surface area contributed by atoms with Gasteiger partial charge in [0.2, 0.25) is 0 Å². The van der Waals surface area contributed by atoms with Gasteiger partial charge in [0.25, 0.3) is 0 Å². The Labute approximate surface area is 338 Å². The number of hydrogen-bond acceptors (Lipinski definition) is 4. The summed E-state index contributed by atoms with van der Waals surface area (Å²) in [5, 5.41) is 2.25. The van der Waals surface area contributed by atoms with Crippen LogP contribution in [0.4, 0.5) is 0 Å². The third kappa shape index (κ3) is 6.82. The predicted octanol–water partition coefficient (Wildman–Crippen LogP) is 13.9. The van der Waals surface area contributed by atoms with E-state index in [4.69, 9.17) is 19.9 Å². The van der Waals surface area contributed by atoms with Crippen LogP contribution in [0, 0.1) is 13.8 Å². The molecule has 0 N–H and O–H groups in total. The van der Waals surface area contributed by atoms with E-state index in [1.807, 2.05) is 31.2 Å². The topological polar surface area (TPSA) is 51.6 Å². The van der Waals surface area contributed by atoms with E-state index >= 15 is 0 Å². The van der Waals surface area contributed by atoms with Crippen molar-refractivity contribution >= 4 is 21.8 Å². The van der Waals surface area contributed by atoms with E-state index in [2.05, 4.69) is 177 Å². The molecule has 0 amide bonds. The SMILES string of the molecule is Cc1cc(C)c2ccc3ccc(-c4ccc(-c5ccc(-c6ccc(-c7cc(-c8ccccc8)nc(-c8ccc(-c9ccccc9)cc8)n7)cc6)cc5)cc4)nc3c2n1. The number of nitrogens with zero attached hydrogens (tertiary/aromatic N) is 4. The Balaban J connectivity index is 0.899. The second kappa shape index (κ2) is 14.8. The lowest BCUT2D eigenvalue weighted by Crippen LogP contribution is -1.96. The molecular weight excluding hydrogens is 705 g/mol. The van der Waals surface area contributed by atoms with Crippen molar-refractivity contribution in [1.29, 1.82) is 0 Å². The Bertz CT molecular complexity index is 3070. The lowest BCUT2D eigenvalue weighted by atomic mass is 9.98. The summed E-state index contributed by atoms with van der Waals surface area (Å²) in [6.07, 6.45) is 0. The summed E-state index contributed by atoms with van der Waals surface area (Å²) in [7, 11) is 0. The summed E-state index contributed by atoms with van der Waals surface area (Å²) in [5.41, 5.74) is 18.0. The van der Waals surface area contributed by atoms with Crippen molar-refractivity contribution < 1.29 is 0 Å². The highest BCUT2D eigenvalue weighted by atomic mass is 14.9. The summed E-state index contributed by atoms with van der Waals surface area (Å²) >= 11 is 0. The minimum absolute atomic E-state index is 0.702. The molecule has 3 aromatic heterocycles. The Morgan fingerprint density at radius 1 is 0.293 bits per heavy atom. The fraction of sp³-hybridized carbons (Fsp3) is 0.0370. The molecule has 0 aliphatic rings. The van der Waals surface area contributed by atoms with Crippen molar-refractivity contribution in [2.75, 3.05) is 0 Å². The van der Waals surface area contributed by atoms with E-state index in [0.717, 1.165) is 89.1 Å². The molecule has 0 fully saturated rings. The lowest BCUT2D eigenvalue weighted by Gasteiger charge is -2.11. The third-order valence-electron chi connectivity index (χ3n) is 10.9. The molecule has 0 unspecified atom stereocenters. The molecule has 3 heterocycles. The molecule has 0 spiro atoms. The standard InChI is InChI=1S/C54H38N4/c1-35-33-36(2)55-53-48(35)31-29-46-30-32-49(56-52(46)53)44-23-17-41(18-24-44)39-13-15-40(16-14-39)42-19-25-45(26-20-42)51-34-50(43-11-7-4-8-12-43)57-54(58-51)47-27-21-38(22-28-47)37-9-5-3-6-10-37/h3-34H,1-2H3. The average Bonchev–Trinajstić information content (AvgIpc) is 3.29. The van der Waals surface area contributed by atoms with Crippen LogP contribution in [-0.2, 0) is 0 Å². The Hall–Kier alpha value is -7.56. The summed E-state index contributed by atoms with van der Waals surface area (Å²) in [6, 6.07) is 68.1. The number of fused-ring (bicyclic) bond motifs is 3. The van der Waals surface area contributed by atoms with Crippen LogP contribution >= 0.6 is 0 Å². The molecule has 0 radical (unpaired) electrons. The molecule has 4 heteroatoms. The van der Waals surface area contributed by atoms with Crippen LogP contribution in [0.2, 0.25) is 0 Å². The zero-order valence-electron chi connectivity index (χ0n) is 32.3. The first kappa shape index (κ1) is 34.9. The number of aromatic nitrogens is 4. The molecule has 58 heavy (non-hydrogen) atoms. The van der Waals surface area contributed by atoms with Gasteiger partial charge in [-0.2, -0.15) is 0 Å². The molecule has 274 valence electrons. The van der Waals surface area contributed by atoms with Crippen LogP contribution in [0.25, 0.3) is 100 Å². The molecule has 0 saturated carbocycles. The minimum Gasteiger partial charge on any atom is -0.251 e. The van der Waals surface area contributed by atoms with E-state index in [1.54, 1.807) is 0 Å². The lowest BCUT2D eigenvalue weighted by molar-refractivity contribution is 1.18. The fourth-order valence-electron chi connectivity index (χ4n) is 7.81. The highest BCUT2D eigenvalue weighted by molar-refractivity contribution is 6.04. The summed E-state index contributed by atoms with van der Waals surface area (Å²) < 4.78 is 0. The van der Waals surface area contributed by atoms with Gasteiger partial charge in [-0.25, -0.2) is 15.0 Å². The van der Waals surface area contributed by atoms with Gasteiger partial charge in [-0.15, -0.1) is 0 Å². The van der Waals surface area contributed by atoms with Gasteiger partial charge in [0, 0.05) is 38.7 Å². The smallest absolute Gasteiger partial charge is 0.160 e. The maximum absolute atomic E-state index is 5.11. The van der Waals surface area contributed by atoms with Crippen LogP contribution in [-0.4, -0.2) is 19.9 Å². The van der Waals surface area contributed by atoms with Gasteiger partial charge in [0.15, 0.2) is 5.82 Å². The zero-order chi connectivity index (χ0) is 39.0. The molecule has 0 aliphatic carbocycles. The Kier molecular flexibility index (Phi) is 8.92. The highest BCUT2D eigenvalue weighted by Gasteiger charge is 2.13. The number of rotatable bonds is 7. The molecule has 10 rings (SSSR count). The van der Waals surface area contributed by atoms with Gasteiger partial charge in [0.1, 0.15) is 0 Å². The maximum Gasteiger partial charge on any atom is 0.160 e. The summed E-state index contributed by atoms with van der Waals surface area (Å²) in [4.78, 5) is 20.1. The first-order valence-electron chi connectivity index (χ1n) is 19.6. The van der Waals surface area contributed by atoms with Gasteiger partial charge < -0.3 is 0 Å². The predicted molar refractivity (Wildman–Crippen MR) is 240 cm³/mol. The number of pyridine rings is 2. The minimum atomic E-state index is 0.702. The number of hydrogen-bond donors (Lipinski definition) is 0. The van der Waals surface area contributed by atoms with Gasteiger partial charge >= 0.3 is 0 Å². The second-order valence-corrected chi connectivity index (χ2v) is 14.8. The van der Waals surface area contributed by atoms with Gasteiger partial charge in [-0.05, 0) is 71.0 Å². The molecule has 7 aromatic carbocycles. The van der Waals surface area contributed by atoms with E-state index < -0.39 is 0 Å². The third-order valence-corrected chi connectivity index (χ3v) is 10.9. The monoisotopic (exact) mass is 742 g/mol.